The molecule has 0 saturated carbocycles. The minimum absolute atomic E-state index is 0.179. The number of non-ortho nitro benzene ring substituents is 1. The molecule has 0 fully saturated rings. The molecule has 2 rings (SSSR count). The Morgan fingerprint density at radius 2 is 1.96 bits per heavy atom. The van der Waals surface area contributed by atoms with Crippen LogP contribution < -0.4 is 5.32 Å². The number of nitrogens with zero attached hydrogens (tertiary/aromatic N) is 2. The standard InChI is InChI=1S/C16H10ClN3O3/c17-15-7-6-14(20(22)23)9-11(15)8-12(10-18)16(21)19-13-4-2-1-3-5-13/h1-9H,(H,19,21)/b12-8-. The monoisotopic (exact) mass is 327 g/mol. The fourth-order valence-corrected chi connectivity index (χ4v) is 1.95. The summed E-state index contributed by atoms with van der Waals surface area (Å²) in [6.45, 7) is 0. The molecule has 2 aromatic carbocycles. The van der Waals surface area contributed by atoms with Gasteiger partial charge in [0.15, 0.2) is 0 Å². The average Bonchev–Trinajstić information content (AvgIpc) is 2.54. The van der Waals surface area contributed by atoms with Crippen LogP contribution in [0.25, 0.3) is 6.08 Å². The number of nitrogens with one attached hydrogen (secondary N) is 1. The Labute approximate surface area is 136 Å². The number of carbonyl (C=O) groups is 1. The van der Waals surface area contributed by atoms with Crippen LogP contribution in [0, 0.1) is 21.4 Å². The van der Waals surface area contributed by atoms with Gasteiger partial charge in [0.2, 0.25) is 0 Å². The summed E-state index contributed by atoms with van der Waals surface area (Å²) in [5.74, 6) is -0.624. The van der Waals surface area contributed by atoms with E-state index < -0.39 is 10.8 Å². The molecule has 6 nitrogen and oxygen atoms in total. The highest BCUT2D eigenvalue weighted by Crippen LogP contribution is 2.24. The number of para-hydroxylation sites is 1. The van der Waals surface area contributed by atoms with Gasteiger partial charge in [-0.15, -0.1) is 0 Å². The van der Waals surface area contributed by atoms with Crippen LogP contribution >= 0.6 is 11.6 Å². The van der Waals surface area contributed by atoms with Crippen LogP contribution in [-0.4, -0.2) is 10.8 Å². The number of amides is 1. The first-order valence-electron chi connectivity index (χ1n) is 6.43. The van der Waals surface area contributed by atoms with Gasteiger partial charge in [0.1, 0.15) is 11.6 Å². The summed E-state index contributed by atoms with van der Waals surface area (Å²) >= 11 is 5.96. The van der Waals surface area contributed by atoms with E-state index in [1.54, 1.807) is 36.4 Å². The summed E-state index contributed by atoms with van der Waals surface area (Å²) in [5.41, 5.74) is 0.363. The summed E-state index contributed by atoms with van der Waals surface area (Å²) < 4.78 is 0. The van der Waals surface area contributed by atoms with Gasteiger partial charge in [0, 0.05) is 28.4 Å². The first-order chi connectivity index (χ1) is 11.0. The number of nitro groups is 1. The lowest BCUT2D eigenvalue weighted by molar-refractivity contribution is -0.384. The molecule has 2 aromatic rings. The smallest absolute Gasteiger partial charge is 0.270 e. The molecule has 0 aliphatic heterocycles. The van der Waals surface area contributed by atoms with Crippen molar-refractivity contribution in [2.75, 3.05) is 5.32 Å². The number of hydrogen-bond donors (Lipinski definition) is 1. The molecule has 0 spiro atoms. The third-order valence-corrected chi connectivity index (χ3v) is 3.23. The van der Waals surface area contributed by atoms with Crippen molar-refractivity contribution in [2.45, 2.75) is 0 Å². The van der Waals surface area contributed by atoms with Gasteiger partial charge in [-0.3, -0.25) is 14.9 Å². The van der Waals surface area contributed by atoms with E-state index in [9.17, 15) is 14.9 Å². The summed E-state index contributed by atoms with van der Waals surface area (Å²) in [6, 6.07) is 14.2. The molecular weight excluding hydrogens is 318 g/mol. The lowest BCUT2D eigenvalue weighted by atomic mass is 10.1. The Bertz CT molecular complexity index is 826. The zero-order chi connectivity index (χ0) is 16.8. The van der Waals surface area contributed by atoms with E-state index in [0.717, 1.165) is 0 Å². The van der Waals surface area contributed by atoms with Crippen molar-refractivity contribution in [1.82, 2.24) is 0 Å². The Morgan fingerprint density at radius 1 is 1.26 bits per heavy atom. The van der Waals surface area contributed by atoms with Gasteiger partial charge in [0.05, 0.1) is 4.92 Å². The molecule has 0 aliphatic carbocycles. The van der Waals surface area contributed by atoms with Crippen LogP contribution in [0.4, 0.5) is 11.4 Å². The zero-order valence-corrected chi connectivity index (χ0v) is 12.4. The van der Waals surface area contributed by atoms with Crippen molar-refractivity contribution in [3.8, 4) is 6.07 Å². The molecule has 7 heteroatoms. The second-order valence-electron chi connectivity index (χ2n) is 4.45. The van der Waals surface area contributed by atoms with E-state index in [2.05, 4.69) is 5.32 Å². The van der Waals surface area contributed by atoms with E-state index in [1.165, 1.54) is 24.3 Å². The highest BCUT2D eigenvalue weighted by Gasteiger charge is 2.13. The van der Waals surface area contributed by atoms with Crippen molar-refractivity contribution in [3.63, 3.8) is 0 Å². The Morgan fingerprint density at radius 3 is 2.57 bits per heavy atom. The Hall–Kier alpha value is -3.17. The van der Waals surface area contributed by atoms with Crippen molar-refractivity contribution in [1.29, 1.82) is 5.26 Å². The molecule has 1 N–H and O–H groups in total. The summed E-state index contributed by atoms with van der Waals surface area (Å²) in [6.07, 6.45) is 1.22. The van der Waals surface area contributed by atoms with E-state index in [-0.39, 0.29) is 21.8 Å². The van der Waals surface area contributed by atoms with Crippen LogP contribution in [0.1, 0.15) is 5.56 Å². The number of hydrogen-bond acceptors (Lipinski definition) is 4. The maximum Gasteiger partial charge on any atom is 0.270 e. The third-order valence-electron chi connectivity index (χ3n) is 2.89. The second kappa shape index (κ2) is 7.20. The fraction of sp³-hybridized carbons (Fsp3) is 0. The van der Waals surface area contributed by atoms with Gasteiger partial charge in [0.25, 0.3) is 11.6 Å². The van der Waals surface area contributed by atoms with Gasteiger partial charge < -0.3 is 5.32 Å². The highest BCUT2D eigenvalue weighted by molar-refractivity contribution is 6.32. The van der Waals surface area contributed by atoms with Crippen LogP contribution in [-0.2, 0) is 4.79 Å². The second-order valence-corrected chi connectivity index (χ2v) is 4.86. The van der Waals surface area contributed by atoms with Crippen LogP contribution in [0.15, 0.2) is 54.1 Å². The Kier molecular flexibility index (Phi) is 5.07. The van der Waals surface area contributed by atoms with E-state index >= 15 is 0 Å². The van der Waals surface area contributed by atoms with Crippen molar-refractivity contribution in [3.05, 3.63) is 74.8 Å². The fourth-order valence-electron chi connectivity index (χ4n) is 1.78. The summed E-state index contributed by atoms with van der Waals surface area (Å²) in [4.78, 5) is 22.3. The van der Waals surface area contributed by atoms with Gasteiger partial charge in [-0.05, 0) is 24.3 Å². The van der Waals surface area contributed by atoms with Crippen LogP contribution in [0.5, 0.6) is 0 Å². The quantitative estimate of drug-likeness (QED) is 0.400. The van der Waals surface area contributed by atoms with Gasteiger partial charge in [-0.1, -0.05) is 29.8 Å². The molecule has 0 heterocycles. The number of nitriles is 1. The minimum atomic E-state index is -0.624. The normalized spacial score (nSPS) is 10.7. The number of rotatable bonds is 4. The molecule has 0 bridgehead atoms. The molecule has 0 radical (unpaired) electrons. The number of carbonyl (C=O) groups excluding carboxylic acids is 1. The van der Waals surface area contributed by atoms with E-state index in [1.807, 2.05) is 0 Å². The number of benzene rings is 2. The molecule has 0 atom stereocenters. The SMILES string of the molecule is N#C/C(=C/c1cc([N+](=O)[O-])ccc1Cl)C(=O)Nc1ccccc1. The average molecular weight is 328 g/mol. The topological polar surface area (TPSA) is 96.0 Å². The Balaban J connectivity index is 2.32. The number of halogens is 1. The molecule has 23 heavy (non-hydrogen) atoms. The van der Waals surface area contributed by atoms with Crippen molar-refractivity contribution >= 4 is 35.0 Å². The van der Waals surface area contributed by atoms with Gasteiger partial charge in [-0.25, -0.2) is 0 Å². The lowest BCUT2D eigenvalue weighted by Gasteiger charge is -2.04. The predicted octanol–water partition coefficient (Wildman–Crippen LogP) is 3.79. The predicted molar refractivity (Wildman–Crippen MR) is 86.8 cm³/mol. The zero-order valence-electron chi connectivity index (χ0n) is 11.7. The molecule has 0 unspecified atom stereocenters. The molecule has 0 aliphatic rings. The van der Waals surface area contributed by atoms with Crippen molar-refractivity contribution < 1.29 is 9.72 Å². The van der Waals surface area contributed by atoms with E-state index in [4.69, 9.17) is 16.9 Å². The maximum atomic E-state index is 12.1. The number of nitro benzene ring substituents is 1. The molecule has 0 aromatic heterocycles. The number of anilines is 1. The first kappa shape index (κ1) is 16.2. The summed E-state index contributed by atoms with van der Waals surface area (Å²) in [5, 5.41) is 22.7. The highest BCUT2D eigenvalue weighted by atomic mass is 35.5. The lowest BCUT2D eigenvalue weighted by Crippen LogP contribution is -2.13. The maximum absolute atomic E-state index is 12.1. The molecule has 1 amide bonds. The molecule has 114 valence electrons. The van der Waals surface area contributed by atoms with Crippen LogP contribution in [0.2, 0.25) is 5.02 Å². The molecular formula is C16H10ClN3O3. The van der Waals surface area contributed by atoms with Gasteiger partial charge in [-0.2, -0.15) is 5.26 Å². The first-order valence-corrected chi connectivity index (χ1v) is 6.81. The summed E-state index contributed by atoms with van der Waals surface area (Å²) in [7, 11) is 0. The van der Waals surface area contributed by atoms with Crippen LogP contribution in [0.3, 0.4) is 0 Å². The third kappa shape index (κ3) is 4.15. The van der Waals surface area contributed by atoms with Gasteiger partial charge >= 0.3 is 0 Å². The molecule has 0 saturated heterocycles. The minimum Gasteiger partial charge on any atom is -0.321 e. The van der Waals surface area contributed by atoms with Crippen molar-refractivity contribution in [2.24, 2.45) is 0 Å². The largest absolute Gasteiger partial charge is 0.321 e. The van der Waals surface area contributed by atoms with E-state index in [0.29, 0.717) is 5.69 Å².